The summed E-state index contributed by atoms with van der Waals surface area (Å²) < 4.78 is 5.99. The Bertz CT molecular complexity index is 657. The highest BCUT2D eigenvalue weighted by atomic mass is 16.6. The van der Waals surface area contributed by atoms with E-state index in [2.05, 4.69) is 0 Å². The van der Waals surface area contributed by atoms with Crippen molar-refractivity contribution in [2.24, 2.45) is 5.92 Å². The molecule has 0 spiro atoms. The van der Waals surface area contributed by atoms with Crippen molar-refractivity contribution < 1.29 is 29.0 Å². The van der Waals surface area contributed by atoms with Crippen LogP contribution >= 0.6 is 0 Å². The van der Waals surface area contributed by atoms with Crippen LogP contribution in [0.5, 0.6) is 0 Å². The van der Waals surface area contributed by atoms with Gasteiger partial charge in [0.1, 0.15) is 13.1 Å². The number of esters is 1. The molecule has 0 unspecified atom stereocenters. The molecule has 0 bridgehead atoms. The molecule has 0 aromatic heterocycles. The van der Waals surface area contributed by atoms with E-state index in [4.69, 9.17) is 4.74 Å². The number of carbonyl (C=O) groups is 2. The third-order valence-corrected chi connectivity index (χ3v) is 5.89. The first-order chi connectivity index (χ1) is 12.3. The Hall–Kier alpha value is -1.92. The second-order valence-electron chi connectivity index (χ2n) is 7.99. The average molecular weight is 361 g/mol. The van der Waals surface area contributed by atoms with Crippen molar-refractivity contribution >= 4 is 11.9 Å². The van der Waals surface area contributed by atoms with Crippen molar-refractivity contribution in [3.05, 3.63) is 35.9 Å². The van der Waals surface area contributed by atoms with E-state index in [1.807, 2.05) is 25.2 Å². The molecule has 3 atom stereocenters. The Morgan fingerprint density at radius 1 is 1.23 bits per heavy atom. The summed E-state index contributed by atoms with van der Waals surface area (Å²) in [6, 6.07) is 9.01. The first-order valence-corrected chi connectivity index (χ1v) is 9.36. The van der Waals surface area contributed by atoms with Gasteiger partial charge in [-0.05, 0) is 18.4 Å². The van der Waals surface area contributed by atoms with Crippen LogP contribution in [-0.4, -0.2) is 54.3 Å². The molecule has 0 radical (unpaired) electrons. The van der Waals surface area contributed by atoms with Gasteiger partial charge >= 0.3 is 5.97 Å². The Morgan fingerprint density at radius 2 is 1.88 bits per heavy atom. The molecule has 1 N–H and O–H groups in total. The van der Waals surface area contributed by atoms with Gasteiger partial charge in [0.05, 0.1) is 19.6 Å². The molecule has 3 rings (SSSR count). The van der Waals surface area contributed by atoms with Crippen molar-refractivity contribution in [1.29, 1.82) is 0 Å². The second-order valence-corrected chi connectivity index (χ2v) is 7.99. The molecule has 1 saturated heterocycles. The van der Waals surface area contributed by atoms with Gasteiger partial charge in [-0.15, -0.1) is 0 Å². The van der Waals surface area contributed by atoms with Crippen LogP contribution in [0.4, 0.5) is 0 Å². The molecule has 142 valence electrons. The fourth-order valence-corrected chi connectivity index (χ4v) is 4.48. The van der Waals surface area contributed by atoms with Crippen molar-refractivity contribution in [3.8, 4) is 0 Å². The lowest BCUT2D eigenvalue weighted by molar-refractivity contribution is -0.893. The Balaban J connectivity index is 1.76. The number of benzene rings is 1. The summed E-state index contributed by atoms with van der Waals surface area (Å²) in [5, 5.41) is 22.3. The quantitative estimate of drug-likeness (QED) is 0.592. The molecule has 26 heavy (non-hydrogen) atoms. The first-order valence-electron chi connectivity index (χ1n) is 9.36. The molecule has 1 aromatic rings. The Kier molecular flexibility index (Phi) is 5.34. The number of nitrogens with zero attached hydrogens (tertiary/aromatic N) is 1. The van der Waals surface area contributed by atoms with E-state index < -0.39 is 17.5 Å². The fraction of sp³-hybridized carbons (Fsp3) is 0.600. The van der Waals surface area contributed by atoms with Crippen LogP contribution in [0.3, 0.4) is 0 Å². The monoisotopic (exact) mass is 361 g/mol. The van der Waals surface area contributed by atoms with Crippen LogP contribution in [0.25, 0.3) is 0 Å². The third-order valence-electron chi connectivity index (χ3n) is 5.89. The van der Waals surface area contributed by atoms with Crippen molar-refractivity contribution in [2.45, 2.75) is 43.8 Å². The van der Waals surface area contributed by atoms with Gasteiger partial charge in [0, 0.05) is 12.3 Å². The molecule has 0 amide bonds. The number of rotatable bonds is 6. The van der Waals surface area contributed by atoms with Gasteiger partial charge in [-0.3, -0.25) is 0 Å². The molecule has 2 fully saturated rings. The van der Waals surface area contributed by atoms with Gasteiger partial charge in [-0.2, -0.15) is 0 Å². The predicted molar refractivity (Wildman–Crippen MR) is 92.6 cm³/mol. The lowest BCUT2D eigenvalue weighted by atomic mass is 9.80. The van der Waals surface area contributed by atoms with Gasteiger partial charge in [0.2, 0.25) is 0 Å². The van der Waals surface area contributed by atoms with E-state index in [0.29, 0.717) is 25.1 Å². The SMILES string of the molecule is C[N@+]1(CC(=O)[O-])CC[C@@H](OC(=O)[C@](O)(c2ccccc2)C2CCCC2)C1. The lowest BCUT2D eigenvalue weighted by Crippen LogP contribution is -2.51. The number of carbonyl (C=O) groups excluding carboxylic acids is 2. The molecule has 1 aromatic carbocycles. The number of hydrogen-bond donors (Lipinski definition) is 1. The van der Waals surface area contributed by atoms with Crippen LogP contribution < -0.4 is 5.11 Å². The molecule has 1 saturated carbocycles. The number of carboxylic acids is 1. The topological polar surface area (TPSA) is 86.7 Å². The summed E-state index contributed by atoms with van der Waals surface area (Å²) in [6.45, 7) is 0.938. The zero-order chi connectivity index (χ0) is 18.8. The minimum Gasteiger partial charge on any atom is -0.544 e. The normalized spacial score (nSPS) is 28.6. The van der Waals surface area contributed by atoms with E-state index in [1.54, 1.807) is 12.1 Å². The highest BCUT2D eigenvalue weighted by Gasteiger charge is 2.49. The number of carboxylic acid groups (broad SMARTS) is 1. The summed E-state index contributed by atoms with van der Waals surface area (Å²) in [5.74, 6) is -1.86. The van der Waals surface area contributed by atoms with Gasteiger partial charge in [-0.25, -0.2) is 4.79 Å². The van der Waals surface area contributed by atoms with Crippen LogP contribution in [0.15, 0.2) is 30.3 Å². The number of quaternary nitrogens is 1. The largest absolute Gasteiger partial charge is 0.544 e. The summed E-state index contributed by atoms with van der Waals surface area (Å²) in [5.41, 5.74) is -1.07. The van der Waals surface area contributed by atoms with Crippen LogP contribution in [0.2, 0.25) is 0 Å². The maximum atomic E-state index is 13.0. The lowest BCUT2D eigenvalue weighted by Gasteiger charge is -2.33. The van der Waals surface area contributed by atoms with Gasteiger partial charge in [0.25, 0.3) is 0 Å². The smallest absolute Gasteiger partial charge is 0.343 e. The third kappa shape index (κ3) is 3.76. The van der Waals surface area contributed by atoms with Gasteiger partial charge < -0.3 is 24.2 Å². The number of aliphatic carboxylic acids is 1. The van der Waals surface area contributed by atoms with Crippen LogP contribution in [0, 0.1) is 5.92 Å². The van der Waals surface area contributed by atoms with Crippen molar-refractivity contribution in [3.63, 3.8) is 0 Å². The standard InChI is InChI=1S/C20H27NO5/c1-21(14-18(22)23)12-11-17(13-21)26-19(24)20(25,16-9-5-6-10-16)15-7-3-2-4-8-15/h2-4,7-8,16-17,25H,5-6,9-14H2,1H3/t17-,20+,21+/m1/s1. The average Bonchev–Trinajstić information content (AvgIpc) is 3.25. The molecule has 1 aliphatic heterocycles. The molecular weight excluding hydrogens is 334 g/mol. The second kappa shape index (κ2) is 7.37. The Morgan fingerprint density at radius 3 is 2.50 bits per heavy atom. The van der Waals surface area contributed by atoms with E-state index in [9.17, 15) is 19.8 Å². The van der Waals surface area contributed by atoms with Crippen LogP contribution in [-0.2, 0) is 19.9 Å². The highest BCUT2D eigenvalue weighted by molar-refractivity contribution is 5.81. The van der Waals surface area contributed by atoms with Crippen molar-refractivity contribution in [2.75, 3.05) is 26.7 Å². The van der Waals surface area contributed by atoms with Crippen LogP contribution in [0.1, 0.15) is 37.7 Å². The summed E-state index contributed by atoms with van der Waals surface area (Å²) in [7, 11) is 1.82. The van der Waals surface area contributed by atoms with E-state index in [1.165, 1.54) is 0 Å². The zero-order valence-electron chi connectivity index (χ0n) is 15.2. The van der Waals surface area contributed by atoms with E-state index >= 15 is 0 Å². The maximum absolute atomic E-state index is 13.0. The molecule has 1 aliphatic carbocycles. The zero-order valence-corrected chi connectivity index (χ0v) is 15.2. The van der Waals surface area contributed by atoms with E-state index in [-0.39, 0.29) is 23.0 Å². The summed E-state index contributed by atoms with van der Waals surface area (Å²) in [6.07, 6.45) is 3.79. The summed E-state index contributed by atoms with van der Waals surface area (Å²) >= 11 is 0. The van der Waals surface area contributed by atoms with Gasteiger partial charge in [0.15, 0.2) is 11.7 Å². The van der Waals surface area contributed by atoms with E-state index in [0.717, 1.165) is 25.7 Å². The number of aliphatic hydroxyl groups is 1. The summed E-state index contributed by atoms with van der Waals surface area (Å²) in [4.78, 5) is 24.0. The minimum atomic E-state index is -1.64. The highest BCUT2D eigenvalue weighted by Crippen LogP contribution is 2.42. The van der Waals surface area contributed by atoms with Gasteiger partial charge in [-0.1, -0.05) is 43.2 Å². The number of likely N-dealkylation sites (tertiary alicyclic amines) is 1. The predicted octanol–water partition coefficient (Wildman–Crippen LogP) is 0.576. The number of hydrogen-bond acceptors (Lipinski definition) is 5. The molecule has 6 nitrogen and oxygen atoms in total. The Labute approximate surface area is 154 Å². The minimum absolute atomic E-state index is 0.0976. The maximum Gasteiger partial charge on any atom is 0.343 e. The number of likely N-dealkylation sites (N-methyl/N-ethyl adjacent to an activating group) is 1. The van der Waals surface area contributed by atoms with Crippen molar-refractivity contribution in [1.82, 2.24) is 0 Å². The molecule has 1 heterocycles. The molecule has 6 heteroatoms. The molecular formula is C20H27NO5. The fourth-order valence-electron chi connectivity index (χ4n) is 4.48. The number of ether oxygens (including phenoxy) is 1. The first kappa shape index (κ1) is 18.9. The molecule has 2 aliphatic rings.